The maximum atomic E-state index is 13.3. The summed E-state index contributed by atoms with van der Waals surface area (Å²) in [6, 6.07) is 7.62. The van der Waals surface area contributed by atoms with Crippen LogP contribution in [0, 0.1) is 12.7 Å². The van der Waals surface area contributed by atoms with E-state index < -0.39 is 34.3 Å². The quantitative estimate of drug-likeness (QED) is 0.612. The van der Waals surface area contributed by atoms with Crippen molar-refractivity contribution in [3.63, 3.8) is 0 Å². The molecule has 7 nitrogen and oxygen atoms in total. The van der Waals surface area contributed by atoms with E-state index >= 15 is 0 Å². The van der Waals surface area contributed by atoms with Crippen molar-refractivity contribution in [1.29, 1.82) is 0 Å². The van der Waals surface area contributed by atoms with Gasteiger partial charge in [-0.1, -0.05) is 31.5 Å². The Bertz CT molecular complexity index is 1060. The Labute approximate surface area is 179 Å². The van der Waals surface area contributed by atoms with Crippen molar-refractivity contribution in [2.24, 2.45) is 0 Å². The number of aryl methyl sites for hydroxylation is 1. The Balaban J connectivity index is 2.12. The van der Waals surface area contributed by atoms with Gasteiger partial charge in [-0.25, -0.2) is 17.6 Å². The molecule has 0 bridgehead atoms. The van der Waals surface area contributed by atoms with Gasteiger partial charge in [0.1, 0.15) is 10.7 Å². The summed E-state index contributed by atoms with van der Waals surface area (Å²) >= 11 is 6.04. The minimum absolute atomic E-state index is 0.0298. The van der Waals surface area contributed by atoms with Crippen LogP contribution in [0.15, 0.2) is 41.3 Å². The average molecular weight is 457 g/mol. The fourth-order valence-corrected chi connectivity index (χ4v) is 4.62. The summed E-state index contributed by atoms with van der Waals surface area (Å²) in [5, 5.41) is 2.42. The number of anilines is 1. The largest absolute Gasteiger partial charge is 0.452 e. The van der Waals surface area contributed by atoms with E-state index in [1.165, 1.54) is 28.6 Å². The van der Waals surface area contributed by atoms with Crippen LogP contribution in [0.1, 0.15) is 29.8 Å². The van der Waals surface area contributed by atoms with Gasteiger partial charge in [-0.3, -0.25) is 4.79 Å². The molecule has 0 radical (unpaired) electrons. The molecule has 0 aliphatic heterocycles. The van der Waals surface area contributed by atoms with Gasteiger partial charge in [-0.15, -0.1) is 0 Å². The van der Waals surface area contributed by atoms with E-state index in [0.29, 0.717) is 5.56 Å². The molecule has 0 fully saturated rings. The smallest absolute Gasteiger partial charge is 0.338 e. The zero-order chi connectivity index (χ0) is 22.5. The van der Waals surface area contributed by atoms with Crippen molar-refractivity contribution in [2.75, 3.05) is 25.0 Å². The average Bonchev–Trinajstić information content (AvgIpc) is 2.69. The van der Waals surface area contributed by atoms with Gasteiger partial charge in [0, 0.05) is 18.8 Å². The molecule has 0 spiro atoms. The normalized spacial score (nSPS) is 11.4. The van der Waals surface area contributed by atoms with E-state index in [1.54, 1.807) is 20.8 Å². The van der Waals surface area contributed by atoms with E-state index in [2.05, 4.69) is 5.32 Å². The number of rotatable bonds is 8. The molecular formula is C20H22ClFN2O5S. The predicted octanol–water partition coefficient (Wildman–Crippen LogP) is 3.61. The number of carbonyl (C=O) groups is 2. The van der Waals surface area contributed by atoms with Crippen LogP contribution in [0.25, 0.3) is 0 Å². The lowest BCUT2D eigenvalue weighted by Gasteiger charge is -2.19. The highest BCUT2D eigenvalue weighted by atomic mass is 35.5. The van der Waals surface area contributed by atoms with Gasteiger partial charge in [0.2, 0.25) is 10.0 Å². The molecule has 0 aliphatic rings. The van der Waals surface area contributed by atoms with Crippen molar-refractivity contribution < 1.29 is 27.1 Å². The molecule has 2 rings (SSSR count). The number of nitrogens with one attached hydrogen (secondary N) is 1. The van der Waals surface area contributed by atoms with Crippen LogP contribution in [0.4, 0.5) is 10.1 Å². The Hall–Kier alpha value is -2.49. The lowest BCUT2D eigenvalue weighted by Crippen LogP contribution is -2.31. The van der Waals surface area contributed by atoms with Gasteiger partial charge < -0.3 is 10.1 Å². The summed E-state index contributed by atoms with van der Waals surface area (Å²) in [7, 11) is -3.89. The Morgan fingerprint density at radius 3 is 2.43 bits per heavy atom. The maximum Gasteiger partial charge on any atom is 0.338 e. The summed E-state index contributed by atoms with van der Waals surface area (Å²) in [6.45, 7) is 4.91. The van der Waals surface area contributed by atoms with Crippen LogP contribution < -0.4 is 5.32 Å². The van der Waals surface area contributed by atoms with Gasteiger partial charge in [0.25, 0.3) is 5.91 Å². The molecule has 0 saturated heterocycles. The lowest BCUT2D eigenvalue weighted by atomic mass is 10.2. The molecule has 0 aliphatic carbocycles. The van der Waals surface area contributed by atoms with E-state index in [0.717, 1.165) is 12.1 Å². The summed E-state index contributed by atoms with van der Waals surface area (Å²) in [6.07, 6.45) is 0. The Morgan fingerprint density at radius 2 is 1.80 bits per heavy atom. The van der Waals surface area contributed by atoms with E-state index in [1.807, 2.05) is 0 Å². The third kappa shape index (κ3) is 5.56. The summed E-state index contributed by atoms with van der Waals surface area (Å²) in [4.78, 5) is 24.1. The fraction of sp³-hybridized carbons (Fsp3) is 0.300. The number of amides is 1. The molecule has 0 unspecified atom stereocenters. The number of hydrogen-bond donors (Lipinski definition) is 1. The van der Waals surface area contributed by atoms with Crippen molar-refractivity contribution in [1.82, 2.24) is 4.31 Å². The minimum atomic E-state index is -3.89. The third-order valence-corrected chi connectivity index (χ3v) is 6.83. The molecule has 1 N–H and O–H groups in total. The van der Waals surface area contributed by atoms with Gasteiger partial charge in [0.05, 0.1) is 10.6 Å². The van der Waals surface area contributed by atoms with Crippen LogP contribution in [-0.4, -0.2) is 44.3 Å². The summed E-state index contributed by atoms with van der Waals surface area (Å²) in [5.74, 6) is -2.08. The summed E-state index contributed by atoms with van der Waals surface area (Å²) in [5.41, 5.74) is 0.829. The third-order valence-electron chi connectivity index (χ3n) is 4.30. The topological polar surface area (TPSA) is 92.8 Å². The molecule has 0 heterocycles. The van der Waals surface area contributed by atoms with Gasteiger partial charge >= 0.3 is 5.97 Å². The molecule has 30 heavy (non-hydrogen) atoms. The van der Waals surface area contributed by atoms with Crippen molar-refractivity contribution in [2.45, 2.75) is 25.7 Å². The van der Waals surface area contributed by atoms with Crippen molar-refractivity contribution in [3.8, 4) is 0 Å². The number of nitrogens with zero attached hydrogens (tertiary/aromatic N) is 1. The second kappa shape index (κ2) is 10.0. The van der Waals surface area contributed by atoms with Gasteiger partial charge in [0.15, 0.2) is 6.61 Å². The first-order chi connectivity index (χ1) is 14.1. The molecule has 2 aromatic carbocycles. The number of ether oxygens (including phenoxy) is 1. The molecule has 2 aromatic rings. The number of sulfonamides is 1. The van der Waals surface area contributed by atoms with Crippen LogP contribution in [-0.2, 0) is 19.6 Å². The Kier molecular flexibility index (Phi) is 7.94. The van der Waals surface area contributed by atoms with Crippen LogP contribution in [0.2, 0.25) is 5.02 Å². The lowest BCUT2D eigenvalue weighted by molar-refractivity contribution is -0.119. The van der Waals surface area contributed by atoms with E-state index in [-0.39, 0.29) is 34.3 Å². The van der Waals surface area contributed by atoms with Crippen LogP contribution >= 0.6 is 11.6 Å². The standard InChI is InChI=1S/C20H22ClFN2O5S/c1-4-24(5-2)30(27,28)18-10-14(7-9-16(18)21)20(26)29-12-19(25)23-17-11-15(22)8-6-13(17)3/h6-11H,4-5,12H2,1-3H3,(H,23,25). The zero-order valence-corrected chi connectivity index (χ0v) is 18.3. The van der Waals surface area contributed by atoms with Crippen LogP contribution in [0.3, 0.4) is 0 Å². The molecule has 162 valence electrons. The monoisotopic (exact) mass is 456 g/mol. The molecule has 0 saturated carbocycles. The highest BCUT2D eigenvalue weighted by molar-refractivity contribution is 7.89. The van der Waals surface area contributed by atoms with Crippen molar-refractivity contribution in [3.05, 3.63) is 58.4 Å². The highest BCUT2D eigenvalue weighted by Gasteiger charge is 2.26. The number of halogens is 2. The molecular weight excluding hydrogens is 435 g/mol. The Morgan fingerprint density at radius 1 is 1.13 bits per heavy atom. The van der Waals surface area contributed by atoms with E-state index in [9.17, 15) is 22.4 Å². The maximum absolute atomic E-state index is 13.3. The van der Waals surface area contributed by atoms with Crippen LogP contribution in [0.5, 0.6) is 0 Å². The van der Waals surface area contributed by atoms with E-state index in [4.69, 9.17) is 16.3 Å². The number of carbonyl (C=O) groups excluding carboxylic acids is 2. The molecule has 10 heteroatoms. The SMILES string of the molecule is CCN(CC)S(=O)(=O)c1cc(C(=O)OCC(=O)Nc2cc(F)ccc2C)ccc1Cl. The van der Waals surface area contributed by atoms with Gasteiger partial charge in [-0.05, 0) is 42.8 Å². The molecule has 0 atom stereocenters. The first-order valence-corrected chi connectivity index (χ1v) is 10.9. The number of hydrogen-bond acceptors (Lipinski definition) is 5. The zero-order valence-electron chi connectivity index (χ0n) is 16.7. The number of benzene rings is 2. The molecule has 1 amide bonds. The number of esters is 1. The van der Waals surface area contributed by atoms with Crippen molar-refractivity contribution >= 4 is 39.2 Å². The first kappa shape index (κ1) is 23.8. The first-order valence-electron chi connectivity index (χ1n) is 9.13. The predicted molar refractivity (Wildman–Crippen MR) is 112 cm³/mol. The highest BCUT2D eigenvalue weighted by Crippen LogP contribution is 2.26. The fourth-order valence-electron chi connectivity index (χ4n) is 2.66. The molecule has 0 aromatic heterocycles. The minimum Gasteiger partial charge on any atom is -0.452 e. The van der Waals surface area contributed by atoms with Gasteiger partial charge in [-0.2, -0.15) is 4.31 Å². The summed E-state index contributed by atoms with van der Waals surface area (Å²) < 4.78 is 44.9. The second-order valence-corrected chi connectivity index (χ2v) is 8.63. The second-order valence-electron chi connectivity index (χ2n) is 6.32.